The van der Waals surface area contributed by atoms with Crippen LogP contribution in [0.25, 0.3) is 0 Å². The summed E-state index contributed by atoms with van der Waals surface area (Å²) in [6.07, 6.45) is -16.1. The van der Waals surface area contributed by atoms with Crippen molar-refractivity contribution in [1.82, 2.24) is 0 Å². The molecule has 2 aliphatic heterocycles. The molecule has 2 aliphatic rings. The number of aliphatic hydroxyl groups excluding tert-OH is 7. The van der Waals surface area contributed by atoms with Crippen molar-refractivity contribution in [2.24, 2.45) is 0 Å². The van der Waals surface area contributed by atoms with Crippen molar-refractivity contribution in [2.45, 2.75) is 60.6 Å². The smallest absolute Gasteiger partial charge is 0.273 e. The molecular weight excluding hydrogens is 384 g/mol. The summed E-state index contributed by atoms with van der Waals surface area (Å²) in [4.78, 5) is 0. The average molecular weight is 406 g/mol. The van der Waals surface area contributed by atoms with Gasteiger partial charge in [-0.3, -0.25) is 4.55 Å². The molecular formula is C12H22O13S. The van der Waals surface area contributed by atoms with E-state index in [0.29, 0.717) is 0 Å². The highest BCUT2D eigenvalue weighted by Crippen LogP contribution is 2.30. The molecule has 2 rings (SSSR count). The first-order valence-electron chi connectivity index (χ1n) is 7.57. The molecule has 13 nitrogen and oxygen atoms in total. The molecule has 2 saturated heterocycles. The van der Waals surface area contributed by atoms with Crippen molar-refractivity contribution >= 4 is 10.1 Å². The summed E-state index contributed by atoms with van der Waals surface area (Å²) >= 11 is 0. The fraction of sp³-hybridized carbons (Fsp3) is 1.00. The summed E-state index contributed by atoms with van der Waals surface area (Å²) in [7, 11) is -5.00. The van der Waals surface area contributed by atoms with E-state index in [4.69, 9.17) is 14.2 Å². The number of rotatable bonds is 5. The van der Waals surface area contributed by atoms with E-state index in [-0.39, 0.29) is 0 Å². The Balaban J connectivity index is 2.25. The molecule has 0 saturated carbocycles. The Morgan fingerprint density at radius 3 is 1.88 bits per heavy atom. The first-order chi connectivity index (χ1) is 12.0. The number of ether oxygens (including phenoxy) is 3. The second-order valence-corrected chi connectivity index (χ2v) is 7.59. The van der Waals surface area contributed by atoms with Crippen LogP contribution in [0.4, 0.5) is 0 Å². The van der Waals surface area contributed by atoms with Crippen molar-refractivity contribution in [3.8, 4) is 0 Å². The normalized spacial score (nSPS) is 47.7. The van der Waals surface area contributed by atoms with Gasteiger partial charge in [-0.2, -0.15) is 8.42 Å². The minimum atomic E-state index is -5.00. The van der Waals surface area contributed by atoms with Crippen LogP contribution >= 0.6 is 0 Å². The second-order valence-electron chi connectivity index (χ2n) is 6.02. The molecule has 8 N–H and O–H groups in total. The zero-order chi connectivity index (χ0) is 19.8. The van der Waals surface area contributed by atoms with E-state index in [1.165, 1.54) is 0 Å². The van der Waals surface area contributed by atoms with Gasteiger partial charge in [-0.1, -0.05) is 0 Å². The lowest BCUT2D eigenvalue weighted by Gasteiger charge is -2.45. The molecule has 0 aromatic carbocycles. The Labute approximate surface area is 147 Å². The maximum Gasteiger partial charge on any atom is 0.273 e. The van der Waals surface area contributed by atoms with Crippen molar-refractivity contribution in [1.29, 1.82) is 0 Å². The van der Waals surface area contributed by atoms with Crippen molar-refractivity contribution < 1.29 is 62.9 Å². The topological polar surface area (TPSA) is 224 Å². The van der Waals surface area contributed by atoms with Gasteiger partial charge in [0.1, 0.15) is 48.0 Å². The fourth-order valence-electron chi connectivity index (χ4n) is 2.91. The molecule has 0 unspecified atom stereocenters. The van der Waals surface area contributed by atoms with E-state index >= 15 is 0 Å². The zero-order valence-electron chi connectivity index (χ0n) is 13.2. The Morgan fingerprint density at radius 1 is 0.808 bits per heavy atom. The van der Waals surface area contributed by atoms with Crippen LogP contribution in [0.2, 0.25) is 0 Å². The maximum absolute atomic E-state index is 11.4. The van der Waals surface area contributed by atoms with Crippen LogP contribution in [-0.4, -0.2) is 122 Å². The Kier molecular flexibility index (Phi) is 6.92. The molecule has 0 amide bonds. The minimum absolute atomic E-state index is 0.790. The predicted octanol–water partition coefficient (Wildman–Crippen LogP) is -5.50. The summed E-state index contributed by atoms with van der Waals surface area (Å²) in [6.45, 7) is -1.68. The molecule has 0 radical (unpaired) electrons. The zero-order valence-corrected chi connectivity index (χ0v) is 14.0. The molecule has 0 aliphatic carbocycles. The van der Waals surface area contributed by atoms with Gasteiger partial charge in [0.15, 0.2) is 12.6 Å². The van der Waals surface area contributed by atoms with Crippen molar-refractivity contribution in [3.05, 3.63) is 0 Å². The van der Waals surface area contributed by atoms with Crippen LogP contribution in [0.3, 0.4) is 0 Å². The summed E-state index contributed by atoms with van der Waals surface area (Å²) in [6, 6.07) is 0. The quantitative estimate of drug-likeness (QED) is 0.200. The van der Waals surface area contributed by atoms with Crippen LogP contribution in [0.15, 0.2) is 0 Å². The molecule has 14 heteroatoms. The fourth-order valence-corrected chi connectivity index (χ4v) is 3.92. The predicted molar refractivity (Wildman–Crippen MR) is 77.9 cm³/mol. The Hall–Kier alpha value is -0.490. The van der Waals surface area contributed by atoms with Crippen LogP contribution in [-0.2, 0) is 24.3 Å². The Morgan fingerprint density at radius 2 is 1.38 bits per heavy atom. The van der Waals surface area contributed by atoms with E-state index in [1.54, 1.807) is 0 Å². The minimum Gasteiger partial charge on any atom is -0.394 e. The molecule has 0 spiro atoms. The Bertz CT molecular complexity index is 567. The van der Waals surface area contributed by atoms with E-state index in [9.17, 15) is 48.7 Å². The molecule has 0 bridgehead atoms. The average Bonchev–Trinajstić information content (AvgIpc) is 2.55. The monoisotopic (exact) mass is 406 g/mol. The van der Waals surface area contributed by atoms with Gasteiger partial charge in [-0.25, -0.2) is 0 Å². The van der Waals surface area contributed by atoms with Gasteiger partial charge in [0.25, 0.3) is 10.1 Å². The van der Waals surface area contributed by atoms with Gasteiger partial charge in [-0.05, 0) is 0 Å². The summed E-state index contributed by atoms with van der Waals surface area (Å²) < 4.78 is 47.2. The molecule has 154 valence electrons. The van der Waals surface area contributed by atoms with Gasteiger partial charge >= 0.3 is 0 Å². The van der Waals surface area contributed by atoms with E-state index < -0.39 is 83.9 Å². The van der Waals surface area contributed by atoms with Gasteiger partial charge < -0.3 is 50.0 Å². The largest absolute Gasteiger partial charge is 0.394 e. The molecule has 2 fully saturated rings. The first-order valence-corrected chi connectivity index (χ1v) is 9.08. The second kappa shape index (κ2) is 8.26. The third-order valence-corrected chi connectivity index (χ3v) is 5.54. The third-order valence-electron chi connectivity index (χ3n) is 4.30. The molecule has 2 heterocycles. The molecule has 0 aromatic rings. The third kappa shape index (κ3) is 4.16. The van der Waals surface area contributed by atoms with Gasteiger partial charge in [-0.15, -0.1) is 0 Å². The van der Waals surface area contributed by atoms with Crippen molar-refractivity contribution in [2.75, 3.05) is 13.2 Å². The van der Waals surface area contributed by atoms with Crippen LogP contribution in [0.5, 0.6) is 0 Å². The number of hydrogen-bond donors (Lipinski definition) is 8. The van der Waals surface area contributed by atoms with Crippen molar-refractivity contribution in [3.63, 3.8) is 0 Å². The lowest BCUT2D eigenvalue weighted by molar-refractivity contribution is -0.343. The lowest BCUT2D eigenvalue weighted by Crippen LogP contribution is -2.65. The van der Waals surface area contributed by atoms with E-state index in [1.807, 2.05) is 0 Å². The van der Waals surface area contributed by atoms with E-state index in [2.05, 4.69) is 0 Å². The lowest BCUT2D eigenvalue weighted by atomic mass is 9.98. The highest BCUT2D eigenvalue weighted by molar-refractivity contribution is 7.86. The summed E-state index contributed by atoms with van der Waals surface area (Å²) in [5.41, 5.74) is 0. The van der Waals surface area contributed by atoms with E-state index in [0.717, 1.165) is 0 Å². The van der Waals surface area contributed by atoms with Gasteiger partial charge in [0.05, 0.1) is 13.2 Å². The highest BCUT2D eigenvalue weighted by atomic mass is 32.2. The summed E-state index contributed by atoms with van der Waals surface area (Å²) in [5.74, 6) is 0. The standard InChI is InChI=1S/C12H22O13S/c13-1-3-5(15)10(26(20,21)22)8(18)12(24-3)25-9-4(2-14)23-11(19)7(17)6(9)16/h3-19H,1-2H2,(H,20,21,22)/t3-,4-,5+,6-,7-,8-,9-,10+,11-,12+/m1/s1. The molecule has 10 atom stereocenters. The highest BCUT2D eigenvalue weighted by Gasteiger charge is 2.53. The van der Waals surface area contributed by atoms with Crippen LogP contribution in [0.1, 0.15) is 0 Å². The van der Waals surface area contributed by atoms with Gasteiger partial charge in [0, 0.05) is 0 Å². The number of hydrogen-bond acceptors (Lipinski definition) is 12. The molecule has 0 aromatic heterocycles. The van der Waals surface area contributed by atoms with Crippen LogP contribution < -0.4 is 0 Å². The number of aliphatic hydroxyl groups is 7. The first kappa shape index (κ1) is 21.8. The SMILES string of the molecule is O=S(=O)(O)[C@H]1[C@@H](O)[C@@H](CO)O[C@@H](O[C@H]2[C@H](O)[C@@H](O)[C@H](O)O[C@@H]2CO)[C@@H]1O. The molecule has 26 heavy (non-hydrogen) atoms. The summed E-state index contributed by atoms with van der Waals surface area (Å²) in [5, 5.41) is 65.3. The van der Waals surface area contributed by atoms with Crippen LogP contribution in [0, 0.1) is 0 Å². The maximum atomic E-state index is 11.4. The van der Waals surface area contributed by atoms with Gasteiger partial charge in [0.2, 0.25) is 0 Å².